The standard InChI is InChI=1S/C33H26O2/c34-30(23-24-13-5-1-6-14-24)31(26-17-9-3-10-18-26)29-22-21-28(25-15-7-2-8-16-25)32(29)33(35)27-19-11-4-12-20-27/h1-20H,21-23H2/b31-29-. The lowest BCUT2D eigenvalue weighted by atomic mass is 9.86. The van der Waals surface area contributed by atoms with Crippen molar-refractivity contribution in [1.29, 1.82) is 0 Å². The molecule has 4 aromatic rings. The number of carbonyl (C=O) groups is 2. The molecule has 0 saturated heterocycles. The fraction of sp³-hybridized carbons (Fsp3) is 0.0909. The minimum absolute atomic E-state index is 0.0297. The van der Waals surface area contributed by atoms with Gasteiger partial charge in [-0.25, -0.2) is 0 Å². The van der Waals surface area contributed by atoms with Crippen LogP contribution >= 0.6 is 0 Å². The molecule has 170 valence electrons. The second-order valence-electron chi connectivity index (χ2n) is 8.72. The number of hydrogen-bond donors (Lipinski definition) is 0. The summed E-state index contributed by atoms with van der Waals surface area (Å²) in [5.41, 5.74) is 6.68. The predicted octanol–water partition coefficient (Wildman–Crippen LogP) is 7.38. The fourth-order valence-corrected chi connectivity index (χ4v) is 4.85. The summed E-state index contributed by atoms with van der Waals surface area (Å²) in [6.45, 7) is 0. The van der Waals surface area contributed by atoms with Gasteiger partial charge >= 0.3 is 0 Å². The Hall–Kier alpha value is -4.30. The van der Waals surface area contributed by atoms with Crippen LogP contribution in [0.4, 0.5) is 0 Å². The van der Waals surface area contributed by atoms with E-state index in [1.54, 1.807) is 0 Å². The van der Waals surface area contributed by atoms with Crippen LogP contribution in [0, 0.1) is 0 Å². The maximum atomic E-state index is 14.0. The van der Waals surface area contributed by atoms with Crippen LogP contribution in [0.3, 0.4) is 0 Å². The second kappa shape index (κ2) is 10.3. The highest BCUT2D eigenvalue weighted by Crippen LogP contribution is 2.43. The van der Waals surface area contributed by atoms with E-state index in [0.717, 1.165) is 34.3 Å². The van der Waals surface area contributed by atoms with Crippen LogP contribution in [0.2, 0.25) is 0 Å². The Morgan fingerprint density at radius 1 is 0.571 bits per heavy atom. The topological polar surface area (TPSA) is 34.1 Å². The molecule has 4 aromatic carbocycles. The summed E-state index contributed by atoms with van der Waals surface area (Å²) in [6.07, 6.45) is 1.67. The normalized spacial score (nSPS) is 14.6. The number of Topliss-reactive ketones (excluding diaryl/α,β-unsaturated/α-hetero) is 2. The Bertz CT molecular complexity index is 1400. The number of benzene rings is 4. The van der Waals surface area contributed by atoms with Crippen LogP contribution < -0.4 is 0 Å². The van der Waals surface area contributed by atoms with Crippen molar-refractivity contribution in [2.24, 2.45) is 0 Å². The molecular formula is C33H26O2. The molecule has 0 aliphatic heterocycles. The van der Waals surface area contributed by atoms with E-state index in [1.807, 2.05) is 121 Å². The average molecular weight is 455 g/mol. The number of allylic oxidation sites excluding steroid dienone is 4. The van der Waals surface area contributed by atoms with Gasteiger partial charge in [-0.05, 0) is 40.7 Å². The summed E-state index contributed by atoms with van der Waals surface area (Å²) in [6, 6.07) is 39.0. The predicted molar refractivity (Wildman–Crippen MR) is 142 cm³/mol. The van der Waals surface area contributed by atoms with E-state index >= 15 is 0 Å². The number of hydrogen-bond acceptors (Lipinski definition) is 2. The molecule has 1 aliphatic carbocycles. The minimum atomic E-state index is -0.0297. The van der Waals surface area contributed by atoms with Crippen LogP contribution in [-0.4, -0.2) is 11.6 Å². The van der Waals surface area contributed by atoms with Crippen LogP contribution in [0.15, 0.2) is 132 Å². The first kappa shape index (κ1) is 22.5. The van der Waals surface area contributed by atoms with Gasteiger partial charge in [0.2, 0.25) is 0 Å². The Morgan fingerprint density at radius 3 is 1.69 bits per heavy atom. The number of ketones is 2. The smallest absolute Gasteiger partial charge is 0.193 e. The molecule has 35 heavy (non-hydrogen) atoms. The molecule has 0 N–H and O–H groups in total. The van der Waals surface area contributed by atoms with Gasteiger partial charge in [0.25, 0.3) is 0 Å². The molecule has 0 spiro atoms. The van der Waals surface area contributed by atoms with Crippen molar-refractivity contribution in [2.45, 2.75) is 19.3 Å². The summed E-state index contributed by atoms with van der Waals surface area (Å²) >= 11 is 0. The maximum absolute atomic E-state index is 14.0. The van der Waals surface area contributed by atoms with Crippen LogP contribution in [0.1, 0.15) is 39.9 Å². The van der Waals surface area contributed by atoms with Crippen LogP contribution in [-0.2, 0) is 11.2 Å². The molecule has 0 saturated carbocycles. The molecule has 0 aromatic heterocycles. The Labute approximate surface area is 206 Å². The van der Waals surface area contributed by atoms with Gasteiger partial charge in [-0.15, -0.1) is 0 Å². The van der Waals surface area contributed by atoms with Crippen molar-refractivity contribution >= 4 is 22.7 Å². The van der Waals surface area contributed by atoms with Crippen LogP contribution in [0.5, 0.6) is 0 Å². The minimum Gasteiger partial charge on any atom is -0.294 e. The lowest BCUT2D eigenvalue weighted by molar-refractivity contribution is -0.113. The largest absolute Gasteiger partial charge is 0.294 e. The third-order valence-corrected chi connectivity index (χ3v) is 6.46. The number of carbonyl (C=O) groups excluding carboxylic acids is 2. The molecule has 0 heterocycles. The lowest BCUT2D eigenvalue weighted by Gasteiger charge is -2.15. The molecule has 1 aliphatic rings. The van der Waals surface area contributed by atoms with Crippen molar-refractivity contribution in [3.05, 3.63) is 155 Å². The van der Waals surface area contributed by atoms with Gasteiger partial charge in [0.1, 0.15) is 0 Å². The van der Waals surface area contributed by atoms with E-state index in [9.17, 15) is 9.59 Å². The molecule has 0 fully saturated rings. The Morgan fingerprint density at radius 2 is 1.09 bits per heavy atom. The van der Waals surface area contributed by atoms with E-state index in [2.05, 4.69) is 0 Å². The zero-order valence-corrected chi connectivity index (χ0v) is 19.5. The van der Waals surface area contributed by atoms with E-state index < -0.39 is 0 Å². The maximum Gasteiger partial charge on any atom is 0.193 e. The Balaban J connectivity index is 1.72. The highest BCUT2D eigenvalue weighted by molar-refractivity contribution is 6.27. The average Bonchev–Trinajstić information content (AvgIpc) is 3.35. The van der Waals surface area contributed by atoms with Gasteiger partial charge in [-0.1, -0.05) is 121 Å². The fourth-order valence-electron chi connectivity index (χ4n) is 4.85. The quantitative estimate of drug-likeness (QED) is 0.216. The van der Waals surface area contributed by atoms with Crippen LogP contribution in [0.25, 0.3) is 11.1 Å². The summed E-state index contributed by atoms with van der Waals surface area (Å²) < 4.78 is 0. The first-order valence-corrected chi connectivity index (χ1v) is 12.0. The van der Waals surface area contributed by atoms with E-state index in [1.165, 1.54) is 0 Å². The second-order valence-corrected chi connectivity index (χ2v) is 8.72. The van der Waals surface area contributed by atoms with E-state index in [-0.39, 0.29) is 11.6 Å². The van der Waals surface area contributed by atoms with Gasteiger partial charge in [0, 0.05) is 23.1 Å². The van der Waals surface area contributed by atoms with Gasteiger partial charge in [0.05, 0.1) is 0 Å². The van der Waals surface area contributed by atoms with E-state index in [4.69, 9.17) is 0 Å². The zero-order chi connectivity index (χ0) is 24.0. The molecule has 0 radical (unpaired) electrons. The number of rotatable bonds is 7. The molecule has 0 amide bonds. The summed E-state index contributed by atoms with van der Waals surface area (Å²) in [4.78, 5) is 27.8. The molecule has 0 unspecified atom stereocenters. The third kappa shape index (κ3) is 4.83. The summed E-state index contributed by atoms with van der Waals surface area (Å²) in [5.74, 6) is 0.00275. The molecule has 0 bridgehead atoms. The highest BCUT2D eigenvalue weighted by Gasteiger charge is 2.31. The van der Waals surface area contributed by atoms with Crippen molar-refractivity contribution < 1.29 is 9.59 Å². The third-order valence-electron chi connectivity index (χ3n) is 6.46. The lowest BCUT2D eigenvalue weighted by Crippen LogP contribution is -2.12. The SMILES string of the molecule is O=C(Cc1ccccc1)/C(=C1/CCC(c2ccccc2)=C1C(=O)c1ccccc1)c1ccccc1. The Kier molecular flexibility index (Phi) is 6.63. The van der Waals surface area contributed by atoms with Gasteiger partial charge in [-0.2, -0.15) is 0 Å². The summed E-state index contributed by atoms with van der Waals surface area (Å²) in [7, 11) is 0. The van der Waals surface area contributed by atoms with Crippen molar-refractivity contribution in [1.82, 2.24) is 0 Å². The molecule has 2 heteroatoms. The molecular weight excluding hydrogens is 428 g/mol. The first-order chi connectivity index (χ1) is 17.2. The van der Waals surface area contributed by atoms with Gasteiger partial charge in [0.15, 0.2) is 11.6 Å². The summed E-state index contributed by atoms with van der Waals surface area (Å²) in [5, 5.41) is 0. The van der Waals surface area contributed by atoms with Crippen molar-refractivity contribution in [3.8, 4) is 0 Å². The van der Waals surface area contributed by atoms with E-state index in [0.29, 0.717) is 29.6 Å². The first-order valence-electron chi connectivity index (χ1n) is 12.0. The highest BCUT2D eigenvalue weighted by atomic mass is 16.1. The van der Waals surface area contributed by atoms with Crippen molar-refractivity contribution in [2.75, 3.05) is 0 Å². The van der Waals surface area contributed by atoms with Gasteiger partial charge in [-0.3, -0.25) is 9.59 Å². The molecule has 2 nitrogen and oxygen atoms in total. The molecule has 0 atom stereocenters. The monoisotopic (exact) mass is 454 g/mol. The van der Waals surface area contributed by atoms with Gasteiger partial charge < -0.3 is 0 Å². The zero-order valence-electron chi connectivity index (χ0n) is 19.5. The van der Waals surface area contributed by atoms with Crippen molar-refractivity contribution in [3.63, 3.8) is 0 Å². The molecule has 5 rings (SSSR count).